The van der Waals surface area contributed by atoms with E-state index in [1.807, 2.05) is 0 Å². The number of hydrogen-bond donors (Lipinski definition) is 3. The first-order valence-corrected chi connectivity index (χ1v) is 7.95. The summed E-state index contributed by atoms with van der Waals surface area (Å²) in [6.07, 6.45) is -0.157. The summed E-state index contributed by atoms with van der Waals surface area (Å²) in [5, 5.41) is 11.0. The number of anilines is 1. The molecule has 1 amide bonds. The zero-order valence-electron chi connectivity index (χ0n) is 11.8. The molecule has 116 valence electrons. The molecule has 0 aromatic heterocycles. The predicted molar refractivity (Wildman–Crippen MR) is 78.8 cm³/mol. The number of aryl methyl sites for hydroxylation is 1. The van der Waals surface area contributed by atoms with E-state index < -0.39 is 16.0 Å². The summed E-state index contributed by atoms with van der Waals surface area (Å²) in [4.78, 5) is 21.8. The van der Waals surface area contributed by atoms with Crippen LogP contribution >= 0.6 is 0 Å². The van der Waals surface area contributed by atoms with Gasteiger partial charge in [-0.2, -0.15) is 0 Å². The molecule has 0 aliphatic rings. The van der Waals surface area contributed by atoms with E-state index >= 15 is 0 Å². The summed E-state index contributed by atoms with van der Waals surface area (Å²) < 4.78 is 26.0. The summed E-state index contributed by atoms with van der Waals surface area (Å²) in [7, 11) is -2.09. The van der Waals surface area contributed by atoms with Gasteiger partial charge in [0.2, 0.25) is 10.0 Å². The molecule has 0 spiro atoms. The van der Waals surface area contributed by atoms with Crippen molar-refractivity contribution in [2.75, 3.05) is 17.5 Å². The highest BCUT2D eigenvalue weighted by atomic mass is 32.2. The average molecular weight is 314 g/mol. The molecule has 0 unspecified atom stereocenters. The van der Waals surface area contributed by atoms with Gasteiger partial charge in [0.05, 0.1) is 11.4 Å². The molecule has 7 nitrogen and oxygen atoms in total. The Kier molecular flexibility index (Phi) is 5.71. The second-order valence-corrected chi connectivity index (χ2v) is 6.37. The Balaban J connectivity index is 2.78. The molecule has 1 rings (SSSR count). The fourth-order valence-corrected chi connectivity index (χ4v) is 2.89. The number of sulfonamides is 1. The minimum atomic E-state index is -3.61. The molecule has 0 fully saturated rings. The van der Waals surface area contributed by atoms with Gasteiger partial charge in [0, 0.05) is 19.0 Å². The third-order valence-electron chi connectivity index (χ3n) is 2.78. The Labute approximate surface area is 123 Å². The predicted octanol–water partition coefficient (Wildman–Crippen LogP) is 0.961. The molecule has 0 saturated carbocycles. The van der Waals surface area contributed by atoms with Gasteiger partial charge in [-0.1, -0.05) is 0 Å². The van der Waals surface area contributed by atoms with Crippen molar-refractivity contribution in [3.63, 3.8) is 0 Å². The zero-order chi connectivity index (χ0) is 16.0. The molecule has 8 heteroatoms. The molecular formula is C13H18N2O5S. The summed E-state index contributed by atoms with van der Waals surface area (Å²) in [6, 6.07) is 4.60. The van der Waals surface area contributed by atoms with Crippen LogP contribution in [0, 0.1) is 6.92 Å². The lowest BCUT2D eigenvalue weighted by molar-refractivity contribution is -0.137. The molecule has 1 aromatic rings. The van der Waals surface area contributed by atoms with E-state index in [0.717, 1.165) is 0 Å². The van der Waals surface area contributed by atoms with Gasteiger partial charge in [-0.05, 0) is 37.1 Å². The lowest BCUT2D eigenvalue weighted by Gasteiger charge is -2.11. The first-order chi connectivity index (χ1) is 9.75. The summed E-state index contributed by atoms with van der Waals surface area (Å²) in [6.45, 7) is 1.68. The van der Waals surface area contributed by atoms with Crippen LogP contribution in [0.1, 0.15) is 28.8 Å². The monoisotopic (exact) mass is 314 g/mol. The highest BCUT2D eigenvalue weighted by Crippen LogP contribution is 2.18. The average Bonchev–Trinajstić information content (AvgIpc) is 2.39. The number of nitrogens with one attached hydrogen (secondary N) is 2. The molecule has 0 aliphatic carbocycles. The normalized spacial score (nSPS) is 11.0. The van der Waals surface area contributed by atoms with E-state index in [1.54, 1.807) is 13.0 Å². The smallest absolute Gasteiger partial charge is 0.303 e. The molecule has 21 heavy (non-hydrogen) atoms. The fourth-order valence-electron chi connectivity index (χ4n) is 1.70. The lowest BCUT2D eigenvalue weighted by Crippen LogP contribution is -2.20. The largest absolute Gasteiger partial charge is 0.481 e. The Morgan fingerprint density at radius 2 is 1.95 bits per heavy atom. The maximum absolute atomic E-state index is 11.8. The third kappa shape index (κ3) is 5.42. The Bertz CT molecular complexity index is 640. The van der Waals surface area contributed by atoms with Gasteiger partial charge < -0.3 is 10.4 Å². The van der Waals surface area contributed by atoms with Crippen molar-refractivity contribution in [3.8, 4) is 0 Å². The van der Waals surface area contributed by atoms with Crippen LogP contribution in [-0.2, 0) is 14.8 Å². The van der Waals surface area contributed by atoms with Crippen molar-refractivity contribution in [1.29, 1.82) is 0 Å². The number of aliphatic carboxylic acids is 1. The first-order valence-electron chi connectivity index (χ1n) is 6.30. The second-order valence-electron chi connectivity index (χ2n) is 4.53. The Morgan fingerprint density at radius 1 is 1.29 bits per heavy atom. The van der Waals surface area contributed by atoms with E-state index in [4.69, 9.17) is 5.11 Å². The quantitative estimate of drug-likeness (QED) is 0.694. The number of carboxylic acid groups (broad SMARTS) is 1. The topological polar surface area (TPSA) is 113 Å². The zero-order valence-corrected chi connectivity index (χ0v) is 12.7. The molecule has 0 saturated heterocycles. The van der Waals surface area contributed by atoms with Gasteiger partial charge in [0.15, 0.2) is 0 Å². The maximum Gasteiger partial charge on any atom is 0.303 e. The van der Waals surface area contributed by atoms with E-state index in [0.29, 0.717) is 16.8 Å². The number of amides is 1. The second kappa shape index (κ2) is 7.07. The van der Waals surface area contributed by atoms with Crippen molar-refractivity contribution >= 4 is 27.6 Å². The molecular weight excluding hydrogens is 296 g/mol. The lowest BCUT2D eigenvalue weighted by atomic mass is 10.1. The van der Waals surface area contributed by atoms with E-state index in [-0.39, 0.29) is 24.5 Å². The SMILES string of the molecule is CNC(=O)c1ccc(NS(=O)(=O)CCCC(=O)O)c(C)c1. The van der Waals surface area contributed by atoms with Gasteiger partial charge in [0.1, 0.15) is 0 Å². The molecule has 0 bridgehead atoms. The van der Waals surface area contributed by atoms with Crippen LogP contribution in [0.5, 0.6) is 0 Å². The molecule has 0 heterocycles. The minimum absolute atomic E-state index is 0.0417. The number of carboxylic acids is 1. The van der Waals surface area contributed by atoms with Crippen LogP contribution in [-0.4, -0.2) is 38.2 Å². The number of carbonyl (C=O) groups excluding carboxylic acids is 1. The van der Waals surface area contributed by atoms with E-state index in [2.05, 4.69) is 10.0 Å². The van der Waals surface area contributed by atoms with Crippen molar-refractivity contribution in [1.82, 2.24) is 5.32 Å². The van der Waals surface area contributed by atoms with Gasteiger partial charge in [-0.3, -0.25) is 14.3 Å². The number of carbonyl (C=O) groups is 2. The first kappa shape index (κ1) is 17.0. The number of hydrogen-bond acceptors (Lipinski definition) is 4. The highest BCUT2D eigenvalue weighted by molar-refractivity contribution is 7.92. The van der Waals surface area contributed by atoms with E-state index in [1.165, 1.54) is 19.2 Å². The van der Waals surface area contributed by atoms with Gasteiger partial charge in [-0.25, -0.2) is 8.42 Å². The molecule has 0 atom stereocenters. The van der Waals surface area contributed by atoms with Crippen LogP contribution < -0.4 is 10.0 Å². The number of benzene rings is 1. The molecule has 0 radical (unpaired) electrons. The van der Waals surface area contributed by atoms with Crippen LogP contribution in [0.25, 0.3) is 0 Å². The van der Waals surface area contributed by atoms with Crippen molar-refractivity contribution in [2.45, 2.75) is 19.8 Å². The van der Waals surface area contributed by atoms with Crippen molar-refractivity contribution in [2.24, 2.45) is 0 Å². The summed E-state index contributed by atoms with van der Waals surface area (Å²) in [5.41, 5.74) is 1.42. The summed E-state index contributed by atoms with van der Waals surface area (Å²) >= 11 is 0. The van der Waals surface area contributed by atoms with Crippen LogP contribution in [0.4, 0.5) is 5.69 Å². The van der Waals surface area contributed by atoms with Crippen LogP contribution in [0.3, 0.4) is 0 Å². The fraction of sp³-hybridized carbons (Fsp3) is 0.385. The van der Waals surface area contributed by atoms with Gasteiger partial charge >= 0.3 is 5.97 Å². The van der Waals surface area contributed by atoms with Crippen molar-refractivity contribution in [3.05, 3.63) is 29.3 Å². The molecule has 3 N–H and O–H groups in total. The minimum Gasteiger partial charge on any atom is -0.481 e. The summed E-state index contributed by atoms with van der Waals surface area (Å²) in [5.74, 6) is -1.55. The maximum atomic E-state index is 11.8. The standard InChI is InChI=1S/C13H18N2O5S/c1-9-8-10(13(18)14-2)5-6-11(9)15-21(19,20)7-3-4-12(16)17/h5-6,8,15H,3-4,7H2,1-2H3,(H,14,18)(H,16,17). The Morgan fingerprint density at radius 3 is 2.48 bits per heavy atom. The third-order valence-corrected chi connectivity index (χ3v) is 4.14. The van der Waals surface area contributed by atoms with Crippen molar-refractivity contribution < 1.29 is 23.1 Å². The Hall–Kier alpha value is -2.09. The molecule has 0 aliphatic heterocycles. The van der Waals surface area contributed by atoms with Gasteiger partial charge in [-0.15, -0.1) is 0 Å². The highest BCUT2D eigenvalue weighted by Gasteiger charge is 2.14. The van der Waals surface area contributed by atoms with Crippen LogP contribution in [0.15, 0.2) is 18.2 Å². The van der Waals surface area contributed by atoms with Crippen LogP contribution in [0.2, 0.25) is 0 Å². The van der Waals surface area contributed by atoms with Gasteiger partial charge in [0.25, 0.3) is 5.91 Å². The molecule has 1 aromatic carbocycles. The van der Waals surface area contributed by atoms with E-state index in [9.17, 15) is 18.0 Å². The number of rotatable bonds is 7.